The van der Waals surface area contributed by atoms with Crippen LogP contribution >= 0.6 is 0 Å². The minimum atomic E-state index is -1.81. The van der Waals surface area contributed by atoms with Crippen molar-refractivity contribution in [1.29, 1.82) is 0 Å². The lowest BCUT2D eigenvalue weighted by Crippen LogP contribution is -2.59. The van der Waals surface area contributed by atoms with Gasteiger partial charge in [-0.05, 0) is 105 Å². The predicted octanol–water partition coefficient (Wildman–Crippen LogP) is 4.30. The highest BCUT2D eigenvalue weighted by atomic mass is 16.7. The van der Waals surface area contributed by atoms with Crippen LogP contribution in [0, 0.1) is 17.8 Å². The summed E-state index contributed by atoms with van der Waals surface area (Å²) >= 11 is 0. The molecule has 0 radical (unpaired) electrons. The molecule has 0 spiro atoms. The maximum atomic E-state index is 14.5. The Kier molecular flexibility index (Phi) is 19.7. The first-order valence-corrected chi connectivity index (χ1v) is 26.1. The summed E-state index contributed by atoms with van der Waals surface area (Å²) in [7, 11) is 5.46. The second-order valence-corrected chi connectivity index (χ2v) is 22.2. The fourth-order valence-corrected chi connectivity index (χ4v) is 11.5. The molecule has 0 unspecified atom stereocenters. The summed E-state index contributed by atoms with van der Waals surface area (Å²) in [4.78, 5) is 18.7. The number of carbonyl (C=O) groups is 1. The van der Waals surface area contributed by atoms with Gasteiger partial charge in [-0.3, -0.25) is 9.89 Å². The lowest BCUT2D eigenvalue weighted by Gasteiger charge is -2.48. The first-order valence-electron chi connectivity index (χ1n) is 26.1. The highest BCUT2D eigenvalue weighted by molar-refractivity contribution is 5.73. The van der Waals surface area contributed by atoms with Gasteiger partial charge in [0.15, 0.2) is 12.6 Å². The minimum Gasteiger partial charge on any atom is -0.459 e. The van der Waals surface area contributed by atoms with E-state index in [2.05, 4.69) is 44.6 Å². The number of carbonyl (C=O) groups excluding carboxylic acids is 1. The number of aliphatic hydroxyl groups excluding tert-OH is 3. The summed E-state index contributed by atoms with van der Waals surface area (Å²) in [5, 5.41) is 73.7. The lowest BCUT2D eigenvalue weighted by atomic mass is 9.77. The fourth-order valence-electron chi connectivity index (χ4n) is 11.5. The number of H-pyrrole nitrogens is 1. The van der Waals surface area contributed by atoms with Crippen molar-refractivity contribution in [3.8, 4) is 11.1 Å². The van der Waals surface area contributed by atoms with Gasteiger partial charge in [0.05, 0.1) is 66.1 Å². The van der Waals surface area contributed by atoms with Crippen molar-refractivity contribution >= 4 is 5.97 Å². The number of hydrogen-bond acceptors (Lipinski definition) is 17. The van der Waals surface area contributed by atoms with Crippen LogP contribution in [0.2, 0.25) is 0 Å². The Morgan fingerprint density at radius 2 is 1.67 bits per heavy atom. The zero-order chi connectivity index (χ0) is 52.9. The number of benzene rings is 1. The van der Waals surface area contributed by atoms with Gasteiger partial charge >= 0.3 is 5.97 Å². The average Bonchev–Trinajstić information content (AvgIpc) is 4.06. The smallest absolute Gasteiger partial charge is 0.311 e. The molecular formula is C53H87N7O12. The van der Waals surface area contributed by atoms with Gasteiger partial charge in [0.25, 0.3) is 0 Å². The molecule has 5 heterocycles. The number of ether oxygens (including phenoxy) is 6. The number of nitrogens with zero attached hydrogens (tertiary/aromatic N) is 6. The van der Waals surface area contributed by atoms with E-state index in [1.807, 2.05) is 64.2 Å². The maximum absolute atomic E-state index is 14.5. The van der Waals surface area contributed by atoms with Gasteiger partial charge in [0, 0.05) is 75.4 Å². The molecule has 1 aromatic carbocycles. The summed E-state index contributed by atoms with van der Waals surface area (Å²) < 4.78 is 40.5. The molecule has 72 heavy (non-hydrogen) atoms. The third-order valence-electron chi connectivity index (χ3n) is 16.1. The van der Waals surface area contributed by atoms with E-state index in [1.165, 1.54) is 14.0 Å². The molecule has 3 saturated heterocycles. The van der Waals surface area contributed by atoms with E-state index >= 15 is 0 Å². The number of likely N-dealkylation sites (N-methyl/N-ethyl adjacent to an activating group) is 2. The van der Waals surface area contributed by atoms with Crippen molar-refractivity contribution in [1.82, 2.24) is 35.0 Å². The van der Waals surface area contributed by atoms with E-state index in [1.54, 1.807) is 45.5 Å². The van der Waals surface area contributed by atoms with Crippen LogP contribution in [0.15, 0.2) is 42.9 Å². The Bertz CT molecular complexity index is 2130. The SMILES string of the molecule is CC[C@H]1OC(=O)[C@H](C)[C@@H](O[C@H]2C[C@@](C)(OC)[C@@H](O)[C@H](C)O2)[C@H](C)[C@@H](O[C@H]2C[C@@H](N(C)CCc3cn([C@H](CO)Cc4ccc(-c5cn[nH]c5)cc4)nn3)C[C@@H](C)O2)[C@](C)(O)C[C@@H](C)CN(C)[C@H](C)[C@@H](O)[C@]1(C)O. The fraction of sp³-hybridized carbons (Fsp3) is 0.774. The van der Waals surface area contributed by atoms with E-state index in [-0.39, 0.29) is 50.0 Å². The number of cyclic esters (lactones) is 1. The highest BCUT2D eigenvalue weighted by Crippen LogP contribution is 2.40. The Labute approximate surface area is 426 Å². The molecule has 3 aliphatic heterocycles. The minimum absolute atomic E-state index is 0.0296. The van der Waals surface area contributed by atoms with Crippen LogP contribution in [0.5, 0.6) is 0 Å². The van der Waals surface area contributed by atoms with Gasteiger partial charge in [0.2, 0.25) is 0 Å². The van der Waals surface area contributed by atoms with E-state index in [0.29, 0.717) is 32.4 Å². The van der Waals surface area contributed by atoms with Crippen LogP contribution in [0.1, 0.15) is 119 Å². The summed E-state index contributed by atoms with van der Waals surface area (Å²) in [6, 6.07) is 7.40. The van der Waals surface area contributed by atoms with Crippen molar-refractivity contribution in [2.24, 2.45) is 17.8 Å². The lowest BCUT2D eigenvalue weighted by molar-refractivity contribution is -0.308. The number of methoxy groups -OCH3 is 1. The third-order valence-corrected chi connectivity index (χ3v) is 16.1. The van der Waals surface area contributed by atoms with Crippen LogP contribution in [-0.4, -0.2) is 192 Å². The number of aromatic amines is 1. The number of rotatable bonds is 15. The second kappa shape index (κ2) is 24.5. The molecule has 6 N–H and O–H groups in total. The molecule has 3 aliphatic rings. The van der Waals surface area contributed by atoms with Gasteiger partial charge in [0.1, 0.15) is 23.9 Å². The first-order chi connectivity index (χ1) is 33.9. The number of nitrogens with one attached hydrogen (secondary N) is 1. The van der Waals surface area contributed by atoms with E-state index < -0.39 is 89.9 Å². The zero-order valence-corrected chi connectivity index (χ0v) is 45.0. The van der Waals surface area contributed by atoms with Crippen molar-refractivity contribution in [2.75, 3.05) is 40.9 Å². The molecule has 406 valence electrons. The Balaban J connectivity index is 1.22. The molecule has 19 nitrogen and oxygen atoms in total. The van der Waals surface area contributed by atoms with E-state index in [9.17, 15) is 30.3 Å². The summed E-state index contributed by atoms with van der Waals surface area (Å²) in [6.45, 7) is 19.0. The number of aromatic nitrogens is 5. The summed E-state index contributed by atoms with van der Waals surface area (Å²) in [5.41, 5.74) is -0.428. The van der Waals surface area contributed by atoms with E-state index in [0.717, 1.165) is 28.8 Å². The number of esters is 1. The van der Waals surface area contributed by atoms with Crippen LogP contribution in [0.4, 0.5) is 0 Å². The summed E-state index contributed by atoms with van der Waals surface area (Å²) in [6.07, 6.45) is 0.752. The molecule has 3 fully saturated rings. The van der Waals surface area contributed by atoms with Crippen molar-refractivity contribution in [3.63, 3.8) is 0 Å². The standard InChI is InChI=1S/C53H87N7O12/c1-14-43-53(10,66)47(62)35(6)59(12)28-31(2)24-51(8,65)49(33(4)46(34(5)50(64)70-43)71-45-25-52(9,67-13)48(63)36(7)69-45)72-44-23-41(21-32(3)68-44)58(11)20-19-40-29-60(57-56-40)42(30-61)22-37-15-17-38(18-16-37)39-26-54-55-27-39/h15-18,26-27,29,31-36,41-49,61-63,65-66H,14,19-25,28,30H2,1-13H3,(H,54,55)/t31-,32-,33+,34-,35-,36+,41+,42+,43-,44+,45+,46+,47-,48+,49-,51-,52-,53-/m1/s1. The van der Waals surface area contributed by atoms with Crippen molar-refractivity contribution in [2.45, 2.75) is 204 Å². The predicted molar refractivity (Wildman–Crippen MR) is 269 cm³/mol. The summed E-state index contributed by atoms with van der Waals surface area (Å²) in [5.74, 6) is -2.50. The Morgan fingerprint density at radius 1 is 0.958 bits per heavy atom. The van der Waals surface area contributed by atoms with Crippen LogP contribution < -0.4 is 0 Å². The quantitative estimate of drug-likeness (QED) is 0.116. The van der Waals surface area contributed by atoms with Crippen LogP contribution in [0.25, 0.3) is 11.1 Å². The molecule has 19 heteroatoms. The maximum Gasteiger partial charge on any atom is 0.311 e. The normalized spacial score (nSPS) is 38.5. The molecule has 6 rings (SSSR count). The van der Waals surface area contributed by atoms with Gasteiger partial charge < -0.3 is 63.8 Å². The third kappa shape index (κ3) is 13.7. The van der Waals surface area contributed by atoms with Gasteiger partial charge in [-0.15, -0.1) is 5.10 Å². The second-order valence-electron chi connectivity index (χ2n) is 22.2. The molecule has 0 saturated carbocycles. The molecular weight excluding hydrogens is 927 g/mol. The van der Waals surface area contributed by atoms with Gasteiger partial charge in [-0.25, -0.2) is 4.68 Å². The van der Waals surface area contributed by atoms with Crippen LogP contribution in [0.3, 0.4) is 0 Å². The highest BCUT2D eigenvalue weighted by Gasteiger charge is 2.52. The van der Waals surface area contributed by atoms with Crippen LogP contribution in [-0.2, 0) is 46.1 Å². The Hall–Kier alpha value is -3.44. The topological polar surface area (TPSA) is 239 Å². The molecule has 0 amide bonds. The van der Waals surface area contributed by atoms with Crippen molar-refractivity contribution in [3.05, 3.63) is 54.1 Å². The van der Waals surface area contributed by atoms with Crippen molar-refractivity contribution < 1.29 is 58.7 Å². The monoisotopic (exact) mass is 1010 g/mol. The number of aliphatic hydroxyl groups is 5. The molecule has 2 aromatic heterocycles. The average molecular weight is 1010 g/mol. The zero-order valence-electron chi connectivity index (χ0n) is 45.0. The molecule has 0 bridgehead atoms. The van der Waals surface area contributed by atoms with Gasteiger partial charge in [-0.2, -0.15) is 5.10 Å². The largest absolute Gasteiger partial charge is 0.459 e. The Morgan fingerprint density at radius 3 is 2.31 bits per heavy atom. The molecule has 18 atom stereocenters. The first kappa shape index (κ1) is 57.8. The molecule has 0 aliphatic carbocycles. The van der Waals surface area contributed by atoms with Gasteiger partial charge in [-0.1, -0.05) is 50.3 Å². The van der Waals surface area contributed by atoms with E-state index in [4.69, 9.17) is 28.4 Å². The molecule has 3 aromatic rings. The number of hydrogen-bond donors (Lipinski definition) is 6.